The van der Waals surface area contributed by atoms with Gasteiger partial charge in [0.25, 0.3) is 0 Å². The van der Waals surface area contributed by atoms with Gasteiger partial charge in [-0.3, -0.25) is 0 Å². The molecule has 0 aromatic rings. The van der Waals surface area contributed by atoms with Crippen LogP contribution in [0.3, 0.4) is 0 Å². The molecule has 0 bridgehead atoms. The third-order valence-corrected chi connectivity index (χ3v) is 3.32. The van der Waals surface area contributed by atoms with Crippen molar-refractivity contribution < 1.29 is 8.42 Å². The highest BCUT2D eigenvalue weighted by atomic mass is 32.2. The molecule has 0 radical (unpaired) electrons. The first-order chi connectivity index (χ1) is 6.04. The molecule has 0 saturated heterocycles. The lowest BCUT2D eigenvalue weighted by atomic mass is 10.1. The summed E-state index contributed by atoms with van der Waals surface area (Å²) in [6, 6.07) is 0. The molecule has 0 unspecified atom stereocenters. The molecule has 0 amide bonds. The Morgan fingerprint density at radius 2 is 2.38 bits per heavy atom. The molecule has 0 aliphatic carbocycles. The molecule has 0 aromatic heterocycles. The van der Waals surface area contributed by atoms with E-state index >= 15 is 0 Å². The van der Waals surface area contributed by atoms with Gasteiger partial charge in [-0.25, -0.2) is 8.42 Å². The lowest BCUT2D eigenvalue weighted by Gasteiger charge is -2.24. The van der Waals surface area contributed by atoms with Crippen LogP contribution in [0, 0.1) is 0 Å². The van der Waals surface area contributed by atoms with Crippen LogP contribution in [0.2, 0.25) is 0 Å². The number of hydrogen-bond acceptors (Lipinski definition) is 2. The molecule has 0 N–H and O–H groups in total. The van der Waals surface area contributed by atoms with Crippen molar-refractivity contribution in [2.45, 2.75) is 12.8 Å². The van der Waals surface area contributed by atoms with E-state index in [4.69, 9.17) is 0 Å². The smallest absolute Gasteiger partial charge is 0.211 e. The van der Waals surface area contributed by atoms with Crippen LogP contribution in [0.25, 0.3) is 0 Å². The van der Waals surface area contributed by atoms with E-state index in [2.05, 4.69) is 12.7 Å². The Morgan fingerprint density at radius 1 is 1.69 bits per heavy atom. The Labute approximate surface area is 79.8 Å². The van der Waals surface area contributed by atoms with Crippen molar-refractivity contribution >= 4 is 10.0 Å². The molecule has 1 aliphatic rings. The molecule has 1 heterocycles. The number of nitrogens with zero attached hydrogens (tertiary/aromatic N) is 1. The van der Waals surface area contributed by atoms with Crippen molar-refractivity contribution in [3.63, 3.8) is 0 Å². The molecular formula is C9H15NO2S. The third kappa shape index (κ3) is 2.97. The van der Waals surface area contributed by atoms with E-state index in [1.807, 2.05) is 0 Å². The monoisotopic (exact) mass is 201 g/mol. The lowest BCUT2D eigenvalue weighted by Crippen LogP contribution is -2.34. The van der Waals surface area contributed by atoms with Crippen molar-refractivity contribution in [1.82, 2.24) is 4.31 Å². The van der Waals surface area contributed by atoms with E-state index in [9.17, 15) is 8.42 Å². The molecule has 3 nitrogen and oxygen atoms in total. The quantitative estimate of drug-likeness (QED) is 0.642. The van der Waals surface area contributed by atoms with Crippen LogP contribution in [0.1, 0.15) is 12.8 Å². The van der Waals surface area contributed by atoms with E-state index in [0.717, 1.165) is 18.4 Å². The fourth-order valence-electron chi connectivity index (χ4n) is 1.40. The van der Waals surface area contributed by atoms with E-state index in [-0.39, 0.29) is 0 Å². The van der Waals surface area contributed by atoms with Crippen LogP contribution >= 0.6 is 0 Å². The minimum Gasteiger partial charge on any atom is -0.212 e. The predicted molar refractivity (Wildman–Crippen MR) is 53.9 cm³/mol. The maximum atomic E-state index is 11.2. The summed E-state index contributed by atoms with van der Waals surface area (Å²) in [6.45, 7) is 4.78. The topological polar surface area (TPSA) is 37.4 Å². The second kappa shape index (κ2) is 4.07. The lowest BCUT2D eigenvalue weighted by molar-refractivity contribution is 0.429. The van der Waals surface area contributed by atoms with Gasteiger partial charge in [0, 0.05) is 13.1 Å². The molecule has 74 valence electrons. The SMILES string of the molecule is C=CCC1=CCCN(S(C)(=O)=O)C1. The van der Waals surface area contributed by atoms with E-state index in [1.165, 1.54) is 10.6 Å². The Morgan fingerprint density at radius 3 is 2.92 bits per heavy atom. The summed E-state index contributed by atoms with van der Waals surface area (Å²) >= 11 is 0. The van der Waals surface area contributed by atoms with Crippen LogP contribution in [0.5, 0.6) is 0 Å². The largest absolute Gasteiger partial charge is 0.212 e. The van der Waals surface area contributed by atoms with Gasteiger partial charge in [0.2, 0.25) is 10.0 Å². The normalized spacial score (nSPS) is 19.6. The predicted octanol–water partition coefficient (Wildman–Crippen LogP) is 1.15. The highest BCUT2D eigenvalue weighted by molar-refractivity contribution is 7.88. The Bertz CT molecular complexity index is 317. The van der Waals surface area contributed by atoms with Crippen LogP contribution in [0.15, 0.2) is 24.3 Å². The van der Waals surface area contributed by atoms with Gasteiger partial charge < -0.3 is 0 Å². The molecule has 0 spiro atoms. The molecule has 1 rings (SSSR count). The standard InChI is InChI=1S/C9H15NO2S/c1-3-5-9-6-4-7-10(8-9)13(2,11)12/h3,6H,1,4-5,7-8H2,2H3. The van der Waals surface area contributed by atoms with Gasteiger partial charge >= 0.3 is 0 Å². The molecule has 4 heteroatoms. The number of rotatable bonds is 3. The highest BCUT2D eigenvalue weighted by Crippen LogP contribution is 2.15. The number of allylic oxidation sites excluding steroid dienone is 1. The second-order valence-electron chi connectivity index (χ2n) is 3.24. The Balaban J connectivity index is 2.68. The average molecular weight is 201 g/mol. The van der Waals surface area contributed by atoms with Gasteiger partial charge in [0.15, 0.2) is 0 Å². The fraction of sp³-hybridized carbons (Fsp3) is 0.556. The van der Waals surface area contributed by atoms with Crippen LogP contribution in [-0.2, 0) is 10.0 Å². The van der Waals surface area contributed by atoms with Crippen molar-refractivity contribution in [2.24, 2.45) is 0 Å². The first-order valence-electron chi connectivity index (χ1n) is 4.28. The summed E-state index contributed by atoms with van der Waals surface area (Å²) in [5.41, 5.74) is 1.15. The molecule has 0 atom stereocenters. The maximum absolute atomic E-state index is 11.2. The van der Waals surface area contributed by atoms with Gasteiger partial charge in [-0.15, -0.1) is 6.58 Å². The van der Waals surface area contributed by atoms with Crippen molar-refractivity contribution in [2.75, 3.05) is 19.3 Å². The van der Waals surface area contributed by atoms with E-state index < -0.39 is 10.0 Å². The van der Waals surface area contributed by atoms with Gasteiger partial charge in [-0.05, 0) is 12.8 Å². The molecule has 1 aliphatic heterocycles. The molecule has 0 fully saturated rings. The van der Waals surface area contributed by atoms with E-state index in [1.54, 1.807) is 6.08 Å². The zero-order chi connectivity index (χ0) is 9.90. The molecule has 0 saturated carbocycles. The summed E-state index contributed by atoms with van der Waals surface area (Å²) < 4.78 is 23.9. The average Bonchev–Trinajstić information content (AvgIpc) is 2.04. The van der Waals surface area contributed by atoms with Crippen molar-refractivity contribution in [1.29, 1.82) is 0 Å². The first-order valence-corrected chi connectivity index (χ1v) is 6.13. The van der Waals surface area contributed by atoms with Crippen LogP contribution < -0.4 is 0 Å². The summed E-state index contributed by atoms with van der Waals surface area (Å²) in [5, 5.41) is 0. The van der Waals surface area contributed by atoms with E-state index in [0.29, 0.717) is 13.1 Å². The molecule has 0 aromatic carbocycles. The Kier molecular flexibility index (Phi) is 3.27. The molecule has 13 heavy (non-hydrogen) atoms. The van der Waals surface area contributed by atoms with Gasteiger partial charge in [-0.1, -0.05) is 17.7 Å². The summed E-state index contributed by atoms with van der Waals surface area (Å²) in [5.74, 6) is 0. The number of sulfonamides is 1. The van der Waals surface area contributed by atoms with Crippen LogP contribution in [0.4, 0.5) is 0 Å². The van der Waals surface area contributed by atoms with Crippen LogP contribution in [-0.4, -0.2) is 32.1 Å². The Hall–Kier alpha value is -0.610. The summed E-state index contributed by atoms with van der Waals surface area (Å²) in [7, 11) is -3.02. The second-order valence-corrected chi connectivity index (χ2v) is 5.22. The van der Waals surface area contributed by atoms with Crippen molar-refractivity contribution in [3.05, 3.63) is 24.3 Å². The van der Waals surface area contributed by atoms with Gasteiger partial charge in [0.05, 0.1) is 6.26 Å². The number of hydrogen-bond donors (Lipinski definition) is 0. The first kappa shape index (κ1) is 10.5. The maximum Gasteiger partial charge on any atom is 0.211 e. The minimum absolute atomic E-state index is 0.533. The van der Waals surface area contributed by atoms with Gasteiger partial charge in [-0.2, -0.15) is 4.31 Å². The summed E-state index contributed by atoms with van der Waals surface area (Å²) in [4.78, 5) is 0. The highest BCUT2D eigenvalue weighted by Gasteiger charge is 2.19. The molecular weight excluding hydrogens is 186 g/mol. The summed E-state index contributed by atoms with van der Waals surface area (Å²) in [6.07, 6.45) is 6.76. The van der Waals surface area contributed by atoms with Crippen molar-refractivity contribution in [3.8, 4) is 0 Å². The third-order valence-electron chi connectivity index (χ3n) is 2.07. The zero-order valence-electron chi connectivity index (χ0n) is 7.86. The fourth-order valence-corrected chi connectivity index (χ4v) is 2.24. The minimum atomic E-state index is -3.02. The zero-order valence-corrected chi connectivity index (χ0v) is 8.68. The van der Waals surface area contributed by atoms with Gasteiger partial charge in [0.1, 0.15) is 0 Å².